The van der Waals surface area contributed by atoms with Crippen LogP contribution in [-0.2, 0) is 23.9 Å². The van der Waals surface area contributed by atoms with Gasteiger partial charge in [0.15, 0.2) is 22.8 Å². The van der Waals surface area contributed by atoms with E-state index < -0.39 is 28.3 Å². The molecule has 0 radical (unpaired) electrons. The highest BCUT2D eigenvalue weighted by atomic mass is 16.3. The van der Waals surface area contributed by atoms with Gasteiger partial charge in [-0.1, -0.05) is 121 Å². The van der Waals surface area contributed by atoms with Crippen LogP contribution in [0.2, 0.25) is 0 Å². The van der Waals surface area contributed by atoms with E-state index in [2.05, 4.69) is 9.97 Å². The fourth-order valence-electron chi connectivity index (χ4n) is 8.03. The van der Waals surface area contributed by atoms with Crippen molar-refractivity contribution in [3.8, 4) is 28.4 Å². The Hall–Kier alpha value is -6.64. The van der Waals surface area contributed by atoms with E-state index in [4.69, 9.17) is 9.97 Å². The number of H-pyrrole nitrogens is 2. The molecule has 8 heteroatoms. The Balaban J connectivity index is 1.60. The summed E-state index contributed by atoms with van der Waals surface area (Å²) in [5.41, 5.74) is 3.30. The molecule has 7 aromatic rings. The van der Waals surface area contributed by atoms with E-state index in [0.717, 1.165) is 33.4 Å². The van der Waals surface area contributed by atoms with Gasteiger partial charge in [0.25, 0.3) is 0 Å². The number of benzene rings is 4. The molecule has 0 saturated heterocycles. The summed E-state index contributed by atoms with van der Waals surface area (Å²) in [4.78, 5) is 16.8. The quantitative estimate of drug-likeness (QED) is 0.111. The summed E-state index contributed by atoms with van der Waals surface area (Å²) in [6, 6.07) is 46.1. The zero-order valence-corrected chi connectivity index (χ0v) is 28.0. The predicted octanol–water partition coefficient (Wildman–Crippen LogP) is 8.15. The molecular formula is C44H34N4O4. The van der Waals surface area contributed by atoms with Crippen LogP contribution in [0, 0.1) is 0 Å². The Kier molecular flexibility index (Phi) is 7.24. The zero-order chi connectivity index (χ0) is 35.5. The summed E-state index contributed by atoms with van der Waals surface area (Å²) in [5, 5.41) is 49.2. The van der Waals surface area contributed by atoms with E-state index in [1.54, 1.807) is 6.07 Å². The molecule has 9 rings (SSSR count). The molecule has 6 N–H and O–H groups in total. The van der Waals surface area contributed by atoms with Gasteiger partial charge in [0.1, 0.15) is 16.6 Å². The van der Waals surface area contributed by atoms with Crippen LogP contribution in [0.5, 0.6) is 17.2 Å². The van der Waals surface area contributed by atoms with Gasteiger partial charge >= 0.3 is 0 Å². The van der Waals surface area contributed by atoms with E-state index in [9.17, 15) is 20.4 Å². The zero-order valence-electron chi connectivity index (χ0n) is 28.0. The lowest BCUT2D eigenvalue weighted by Gasteiger charge is -2.44. The highest BCUT2D eigenvalue weighted by molar-refractivity contribution is 5.88. The summed E-state index contributed by atoms with van der Waals surface area (Å²) in [7, 11) is 0. The normalized spacial score (nSPS) is 16.5. The average molecular weight is 683 g/mol. The number of hydrogen-bond acceptors (Lipinski definition) is 6. The first-order valence-electron chi connectivity index (χ1n) is 17.2. The Bertz CT molecular complexity index is 2580. The van der Waals surface area contributed by atoms with Gasteiger partial charge < -0.3 is 30.4 Å². The van der Waals surface area contributed by atoms with Gasteiger partial charge in [-0.05, 0) is 59.4 Å². The first kappa shape index (κ1) is 31.3. The van der Waals surface area contributed by atoms with Crippen molar-refractivity contribution in [3.63, 3.8) is 0 Å². The van der Waals surface area contributed by atoms with Crippen LogP contribution in [0.25, 0.3) is 33.2 Å². The van der Waals surface area contributed by atoms with E-state index in [-0.39, 0.29) is 16.7 Å². The first-order valence-corrected chi connectivity index (χ1v) is 17.2. The highest BCUT2D eigenvalue weighted by Gasteiger charge is 2.63. The minimum atomic E-state index is -2.10. The predicted molar refractivity (Wildman–Crippen MR) is 201 cm³/mol. The van der Waals surface area contributed by atoms with Crippen LogP contribution in [0.1, 0.15) is 39.5 Å². The van der Waals surface area contributed by atoms with Gasteiger partial charge in [0.2, 0.25) is 0 Å². The minimum Gasteiger partial charge on any atom is -0.504 e. The number of fused-ring (bicyclic) bond motifs is 8. The van der Waals surface area contributed by atoms with E-state index >= 15 is 0 Å². The molecule has 0 fully saturated rings. The Morgan fingerprint density at radius 1 is 0.500 bits per heavy atom. The van der Waals surface area contributed by atoms with Gasteiger partial charge in [0, 0.05) is 28.0 Å². The van der Waals surface area contributed by atoms with Crippen molar-refractivity contribution in [1.29, 1.82) is 0 Å². The van der Waals surface area contributed by atoms with Crippen molar-refractivity contribution >= 4 is 22.1 Å². The molecule has 4 aromatic carbocycles. The Morgan fingerprint density at radius 3 is 1.67 bits per heavy atom. The topological polar surface area (TPSA) is 138 Å². The maximum Gasteiger partial charge on any atom is 0.187 e. The van der Waals surface area contributed by atoms with Gasteiger partial charge in [-0.15, -0.1) is 0 Å². The summed E-state index contributed by atoms with van der Waals surface area (Å²) in [5.74, 6) is -1.54. The van der Waals surface area contributed by atoms with Crippen molar-refractivity contribution in [2.45, 2.75) is 23.9 Å². The number of aliphatic hydroxyl groups is 1. The van der Waals surface area contributed by atoms with Crippen molar-refractivity contribution < 1.29 is 20.4 Å². The summed E-state index contributed by atoms with van der Waals surface area (Å²) in [6.45, 7) is 0. The molecule has 0 amide bonds. The van der Waals surface area contributed by atoms with Gasteiger partial charge in [0.05, 0.1) is 11.2 Å². The number of hydrogen-bond donors (Lipinski definition) is 6. The second kappa shape index (κ2) is 12.0. The second-order valence-electron chi connectivity index (χ2n) is 13.3. The molecule has 0 aliphatic carbocycles. The van der Waals surface area contributed by atoms with Crippen LogP contribution in [0.15, 0.2) is 146 Å². The number of aromatic hydroxyl groups is 3. The lowest BCUT2D eigenvalue weighted by Crippen LogP contribution is -2.49. The fourth-order valence-corrected chi connectivity index (χ4v) is 8.03. The molecule has 8 nitrogen and oxygen atoms in total. The lowest BCUT2D eigenvalue weighted by atomic mass is 9.58. The third-order valence-electron chi connectivity index (χ3n) is 10.3. The summed E-state index contributed by atoms with van der Waals surface area (Å²) in [6.07, 6.45) is 1.31. The van der Waals surface area contributed by atoms with Crippen molar-refractivity contribution in [1.82, 2.24) is 19.9 Å². The van der Waals surface area contributed by atoms with E-state index in [1.807, 2.05) is 140 Å². The van der Waals surface area contributed by atoms with Crippen LogP contribution < -0.4 is 0 Å². The van der Waals surface area contributed by atoms with Crippen molar-refractivity contribution in [2.24, 2.45) is 0 Å². The van der Waals surface area contributed by atoms with Gasteiger partial charge in [-0.2, -0.15) is 0 Å². The van der Waals surface area contributed by atoms with Gasteiger partial charge in [-0.25, -0.2) is 4.98 Å². The Morgan fingerprint density at radius 2 is 1.06 bits per heavy atom. The minimum absolute atomic E-state index is 0.114. The molecule has 5 heterocycles. The number of rotatable bonds is 4. The molecule has 0 spiro atoms. The van der Waals surface area contributed by atoms with E-state index in [1.165, 1.54) is 0 Å². The van der Waals surface area contributed by atoms with Crippen molar-refractivity contribution in [2.75, 3.05) is 0 Å². The lowest BCUT2D eigenvalue weighted by molar-refractivity contribution is 0.0338. The fraction of sp³-hybridized carbons (Fsp3) is 0.0909. The summed E-state index contributed by atoms with van der Waals surface area (Å²) < 4.78 is 0. The molecule has 52 heavy (non-hydrogen) atoms. The number of aryl methyl sites for hydroxylation is 2. The molecule has 3 aromatic heterocycles. The number of aromatic nitrogens is 4. The summed E-state index contributed by atoms with van der Waals surface area (Å²) >= 11 is 0. The molecule has 8 bridgehead atoms. The Labute approximate surface area is 299 Å². The largest absolute Gasteiger partial charge is 0.504 e. The number of nitrogens with one attached hydrogen (secondary N) is 2. The SMILES string of the molecule is Oc1c(O)c2[nH]c1cc1nc(cc3ccc([nH]3)c(-c3ccccc3)c3nc(c2O)C(O)(c2ccccc2)C3(c2ccccc2)c2ccccc2)CC1. The first-order chi connectivity index (χ1) is 25.4. The molecular weight excluding hydrogens is 649 g/mol. The standard InChI is InChI=1S/C44H34N4O4/c49-38-35-26-33-22-21-31(45-33)25-32-23-24-34(46-32)36(27-13-5-1-6-14-27)41-43(28-15-7-2-8-16-28,29-17-9-3-10-18-29)44(52,30-19-11-4-12-20-30)42(48-41)40(51)37(47-35)39(38)50/h1-20,23-26,46-47,49-52H,21-22H2. The molecule has 2 aliphatic rings. The maximum atomic E-state index is 14.1. The third-order valence-corrected chi connectivity index (χ3v) is 10.3. The van der Waals surface area contributed by atoms with Crippen LogP contribution in [0.4, 0.5) is 0 Å². The number of nitrogens with zero attached hydrogens (tertiary/aromatic N) is 2. The second-order valence-corrected chi connectivity index (χ2v) is 13.3. The number of aromatic amines is 2. The molecule has 1 unspecified atom stereocenters. The molecule has 0 saturated carbocycles. The van der Waals surface area contributed by atoms with Gasteiger partial charge in [-0.3, -0.25) is 4.98 Å². The molecule has 1 atom stereocenters. The highest BCUT2D eigenvalue weighted by Crippen LogP contribution is 2.61. The van der Waals surface area contributed by atoms with Crippen LogP contribution >= 0.6 is 0 Å². The molecule has 254 valence electrons. The van der Waals surface area contributed by atoms with E-state index in [0.29, 0.717) is 35.4 Å². The third kappa shape index (κ3) is 4.58. The molecule has 2 aliphatic heterocycles. The smallest absolute Gasteiger partial charge is 0.187 e. The maximum absolute atomic E-state index is 14.1. The average Bonchev–Trinajstić information content (AvgIpc) is 3.96. The van der Waals surface area contributed by atoms with Crippen molar-refractivity contribution in [3.05, 3.63) is 185 Å². The van der Waals surface area contributed by atoms with Crippen LogP contribution in [0.3, 0.4) is 0 Å². The monoisotopic (exact) mass is 682 g/mol. The van der Waals surface area contributed by atoms with Crippen LogP contribution in [-0.4, -0.2) is 40.4 Å².